The standard InChI is InChI=1S/C28H30N2O6/c1-35-23-9-5-8-21(16-23)25(31)18-36-28(34)20-10-12-22(13-11-20)30-26(32)17-24(27(30)33)29-15-14-19-6-3-2-4-7-19/h5-6,8-13,16,24,29H,2-4,7,14-15,17-18H2,1H3. The van der Waals surface area contributed by atoms with Crippen LogP contribution in [0, 0.1) is 0 Å². The number of benzene rings is 2. The molecule has 0 bridgehead atoms. The number of carbonyl (C=O) groups excluding carboxylic acids is 4. The molecule has 1 fully saturated rings. The zero-order chi connectivity index (χ0) is 25.5. The lowest BCUT2D eigenvalue weighted by atomic mass is 9.97. The fourth-order valence-electron chi connectivity index (χ4n) is 4.44. The molecule has 1 aliphatic heterocycles. The number of imide groups is 1. The van der Waals surface area contributed by atoms with Gasteiger partial charge in [0.2, 0.25) is 5.91 Å². The van der Waals surface area contributed by atoms with Crippen LogP contribution in [-0.2, 0) is 14.3 Å². The highest BCUT2D eigenvalue weighted by Gasteiger charge is 2.39. The minimum atomic E-state index is -0.673. The molecular formula is C28H30N2O6. The summed E-state index contributed by atoms with van der Waals surface area (Å²) < 4.78 is 10.2. The van der Waals surface area contributed by atoms with Crippen molar-refractivity contribution in [2.75, 3.05) is 25.2 Å². The summed E-state index contributed by atoms with van der Waals surface area (Å²) in [5.41, 5.74) is 2.40. The van der Waals surface area contributed by atoms with Gasteiger partial charge in [0.1, 0.15) is 5.75 Å². The Morgan fingerprint density at radius 1 is 1.06 bits per heavy atom. The maximum atomic E-state index is 12.9. The van der Waals surface area contributed by atoms with Gasteiger partial charge >= 0.3 is 5.97 Å². The molecule has 4 rings (SSSR count). The Labute approximate surface area is 210 Å². The van der Waals surface area contributed by atoms with Crippen LogP contribution in [0.5, 0.6) is 5.75 Å². The highest BCUT2D eigenvalue weighted by molar-refractivity contribution is 6.22. The van der Waals surface area contributed by atoms with Gasteiger partial charge in [-0.25, -0.2) is 9.69 Å². The Hall–Kier alpha value is -3.78. The number of ketones is 1. The molecule has 2 amide bonds. The third-order valence-electron chi connectivity index (χ3n) is 6.46. The first-order valence-corrected chi connectivity index (χ1v) is 12.2. The van der Waals surface area contributed by atoms with Crippen LogP contribution in [0.4, 0.5) is 5.69 Å². The molecule has 36 heavy (non-hydrogen) atoms. The van der Waals surface area contributed by atoms with Crippen LogP contribution in [0.15, 0.2) is 60.2 Å². The van der Waals surface area contributed by atoms with Crippen LogP contribution in [-0.4, -0.2) is 49.9 Å². The van der Waals surface area contributed by atoms with Gasteiger partial charge in [0.25, 0.3) is 5.91 Å². The van der Waals surface area contributed by atoms with E-state index in [0.717, 1.165) is 24.2 Å². The Balaban J connectivity index is 1.30. The van der Waals surface area contributed by atoms with Gasteiger partial charge in [-0.3, -0.25) is 14.4 Å². The minimum Gasteiger partial charge on any atom is -0.497 e. The quantitative estimate of drug-likeness (QED) is 0.234. The number of nitrogens with one attached hydrogen (secondary N) is 1. The van der Waals surface area contributed by atoms with Crippen LogP contribution in [0.2, 0.25) is 0 Å². The number of amides is 2. The molecule has 1 unspecified atom stereocenters. The molecule has 1 aliphatic carbocycles. The number of rotatable bonds is 10. The molecule has 0 radical (unpaired) electrons. The van der Waals surface area contributed by atoms with E-state index in [0.29, 0.717) is 23.5 Å². The van der Waals surface area contributed by atoms with Crippen molar-refractivity contribution in [3.8, 4) is 5.75 Å². The average Bonchev–Trinajstić information content (AvgIpc) is 3.20. The van der Waals surface area contributed by atoms with E-state index < -0.39 is 18.6 Å². The molecule has 0 saturated carbocycles. The lowest BCUT2D eigenvalue weighted by Gasteiger charge is -2.17. The summed E-state index contributed by atoms with van der Waals surface area (Å²) in [6, 6.07) is 12.1. The van der Waals surface area contributed by atoms with E-state index in [-0.39, 0.29) is 29.6 Å². The molecule has 2 aromatic rings. The zero-order valence-corrected chi connectivity index (χ0v) is 20.3. The van der Waals surface area contributed by atoms with E-state index in [1.54, 1.807) is 24.3 Å². The monoisotopic (exact) mass is 490 g/mol. The summed E-state index contributed by atoms with van der Waals surface area (Å²) in [7, 11) is 1.50. The molecular weight excluding hydrogens is 460 g/mol. The average molecular weight is 491 g/mol. The maximum absolute atomic E-state index is 12.9. The second kappa shape index (κ2) is 11.8. The van der Waals surface area contributed by atoms with Crippen LogP contribution in [0.3, 0.4) is 0 Å². The number of esters is 1. The lowest BCUT2D eigenvalue weighted by molar-refractivity contribution is -0.121. The number of carbonyl (C=O) groups is 4. The number of methoxy groups -OCH3 is 1. The minimum absolute atomic E-state index is 0.105. The predicted octanol–water partition coefficient (Wildman–Crippen LogP) is 3.85. The van der Waals surface area contributed by atoms with Gasteiger partial charge in [-0.15, -0.1) is 0 Å². The van der Waals surface area contributed by atoms with Crippen molar-refractivity contribution in [1.29, 1.82) is 0 Å². The van der Waals surface area contributed by atoms with E-state index in [1.807, 2.05) is 0 Å². The Morgan fingerprint density at radius 3 is 2.58 bits per heavy atom. The molecule has 1 heterocycles. The van der Waals surface area contributed by atoms with Crippen molar-refractivity contribution in [3.63, 3.8) is 0 Å². The lowest BCUT2D eigenvalue weighted by Crippen LogP contribution is -2.39. The van der Waals surface area contributed by atoms with Gasteiger partial charge in [0.05, 0.1) is 30.8 Å². The summed E-state index contributed by atoms with van der Waals surface area (Å²) >= 11 is 0. The number of allylic oxidation sites excluding steroid dienone is 1. The van der Waals surface area contributed by atoms with Crippen molar-refractivity contribution in [2.24, 2.45) is 0 Å². The molecule has 1 saturated heterocycles. The van der Waals surface area contributed by atoms with E-state index in [1.165, 1.54) is 49.8 Å². The number of hydrogen-bond acceptors (Lipinski definition) is 7. The number of hydrogen-bond donors (Lipinski definition) is 1. The van der Waals surface area contributed by atoms with Gasteiger partial charge in [-0.1, -0.05) is 23.8 Å². The van der Waals surface area contributed by atoms with Crippen molar-refractivity contribution >= 4 is 29.3 Å². The molecule has 2 aromatic carbocycles. The summed E-state index contributed by atoms with van der Waals surface area (Å²) in [5, 5.41) is 3.22. The van der Waals surface area contributed by atoms with Crippen molar-refractivity contribution in [1.82, 2.24) is 5.32 Å². The summed E-state index contributed by atoms with van der Waals surface area (Å²) in [4.78, 5) is 51.3. The fraction of sp³-hybridized carbons (Fsp3) is 0.357. The molecule has 1 atom stereocenters. The zero-order valence-electron chi connectivity index (χ0n) is 20.3. The first-order valence-electron chi connectivity index (χ1n) is 12.2. The summed E-state index contributed by atoms with van der Waals surface area (Å²) in [6.45, 7) is 0.240. The van der Waals surface area contributed by atoms with Crippen molar-refractivity contribution in [3.05, 3.63) is 71.3 Å². The topological polar surface area (TPSA) is 102 Å². The van der Waals surface area contributed by atoms with Crippen molar-refractivity contribution in [2.45, 2.75) is 44.6 Å². The molecule has 0 spiro atoms. The smallest absolute Gasteiger partial charge is 0.338 e. The fourth-order valence-corrected chi connectivity index (χ4v) is 4.44. The number of ether oxygens (including phenoxy) is 2. The van der Waals surface area contributed by atoms with E-state index in [4.69, 9.17) is 9.47 Å². The molecule has 1 N–H and O–H groups in total. The Bertz CT molecular complexity index is 1170. The summed E-state index contributed by atoms with van der Waals surface area (Å²) in [5.74, 6) is -1.07. The molecule has 2 aliphatic rings. The molecule has 0 aromatic heterocycles. The van der Waals surface area contributed by atoms with Gasteiger partial charge in [-0.2, -0.15) is 0 Å². The van der Waals surface area contributed by atoms with Gasteiger partial charge in [0.15, 0.2) is 12.4 Å². The highest BCUT2D eigenvalue weighted by Crippen LogP contribution is 2.24. The highest BCUT2D eigenvalue weighted by atomic mass is 16.5. The third-order valence-corrected chi connectivity index (χ3v) is 6.46. The van der Waals surface area contributed by atoms with Gasteiger partial charge in [-0.05, 0) is 75.0 Å². The molecule has 188 valence electrons. The molecule has 8 nitrogen and oxygen atoms in total. The summed E-state index contributed by atoms with van der Waals surface area (Å²) in [6.07, 6.45) is 7.94. The van der Waals surface area contributed by atoms with Gasteiger partial charge in [0, 0.05) is 5.56 Å². The second-order valence-corrected chi connectivity index (χ2v) is 8.91. The predicted molar refractivity (Wildman–Crippen MR) is 134 cm³/mol. The Kier molecular flexibility index (Phi) is 8.28. The largest absolute Gasteiger partial charge is 0.497 e. The second-order valence-electron chi connectivity index (χ2n) is 8.91. The van der Waals surface area contributed by atoms with Crippen LogP contribution in [0.25, 0.3) is 0 Å². The third kappa shape index (κ3) is 6.07. The van der Waals surface area contributed by atoms with Gasteiger partial charge < -0.3 is 14.8 Å². The number of anilines is 1. The maximum Gasteiger partial charge on any atom is 0.338 e. The SMILES string of the molecule is COc1cccc(C(=O)COC(=O)c2ccc(N3C(=O)CC(NCCC4=CCCCC4)C3=O)cc2)c1. The van der Waals surface area contributed by atoms with E-state index >= 15 is 0 Å². The van der Waals surface area contributed by atoms with Crippen LogP contribution < -0.4 is 15.0 Å². The molecule has 8 heteroatoms. The van der Waals surface area contributed by atoms with Crippen molar-refractivity contribution < 1.29 is 28.7 Å². The van der Waals surface area contributed by atoms with E-state index in [2.05, 4.69) is 11.4 Å². The van der Waals surface area contributed by atoms with E-state index in [9.17, 15) is 19.2 Å². The van der Waals surface area contributed by atoms with Crippen LogP contribution in [0.1, 0.15) is 59.2 Å². The normalized spacial score (nSPS) is 17.6. The van der Waals surface area contributed by atoms with Crippen LogP contribution >= 0.6 is 0 Å². The first kappa shape index (κ1) is 25.3. The number of Topliss-reactive ketones (excluding diaryl/α,β-unsaturated/α-hetero) is 1. The number of nitrogens with zero attached hydrogens (tertiary/aromatic N) is 1. The Morgan fingerprint density at radius 2 is 1.86 bits per heavy atom. The first-order chi connectivity index (χ1) is 17.5.